The number of anilines is 1. The number of carbonyl (C=O) groups is 3. The maximum absolute atomic E-state index is 12.6. The number of nitrogens with zero attached hydrogens (tertiary/aromatic N) is 3. The molecule has 144 valence electrons. The van der Waals surface area contributed by atoms with Crippen LogP contribution in [-0.2, 0) is 25.4 Å². The zero-order valence-corrected chi connectivity index (χ0v) is 14.5. The molecule has 0 bridgehead atoms. The van der Waals surface area contributed by atoms with Gasteiger partial charge in [-0.2, -0.15) is 13.2 Å². The molecule has 0 spiro atoms. The predicted molar refractivity (Wildman–Crippen MR) is 85.9 cm³/mol. The summed E-state index contributed by atoms with van der Waals surface area (Å²) in [6, 6.07) is 0.719. The third-order valence-electron chi connectivity index (χ3n) is 4.06. The molecule has 0 saturated carbocycles. The quantitative estimate of drug-likeness (QED) is 0.746. The van der Waals surface area contributed by atoms with Crippen LogP contribution in [0, 0.1) is 5.92 Å². The second kappa shape index (κ2) is 6.80. The highest BCUT2D eigenvalue weighted by atomic mass is 35.5. The van der Waals surface area contributed by atoms with Crippen molar-refractivity contribution in [2.45, 2.75) is 19.2 Å². The summed E-state index contributed by atoms with van der Waals surface area (Å²) in [6.07, 6.45) is -5.12. The van der Waals surface area contributed by atoms with Crippen molar-refractivity contribution in [2.24, 2.45) is 11.1 Å². The first-order chi connectivity index (χ1) is 12.6. The topological polar surface area (TPSA) is 101 Å². The Morgan fingerprint density at radius 1 is 1.37 bits per heavy atom. The second-order valence-electron chi connectivity index (χ2n) is 5.84. The van der Waals surface area contributed by atoms with E-state index in [0.29, 0.717) is 6.20 Å². The number of halogens is 4. The average Bonchev–Trinajstić information content (AvgIpc) is 3.11. The van der Waals surface area contributed by atoms with E-state index in [1.807, 2.05) is 0 Å². The van der Waals surface area contributed by atoms with Crippen LogP contribution < -0.4 is 5.32 Å². The highest BCUT2D eigenvalue weighted by molar-refractivity contribution is 6.45. The minimum absolute atomic E-state index is 0.0123. The fourth-order valence-corrected chi connectivity index (χ4v) is 2.98. The summed E-state index contributed by atoms with van der Waals surface area (Å²) in [5, 5.41) is 5.90. The number of ketones is 1. The smallest absolute Gasteiger partial charge is 0.381 e. The van der Waals surface area contributed by atoms with Gasteiger partial charge in [0.05, 0.1) is 10.6 Å². The molecule has 3 rings (SSSR count). The zero-order valence-electron chi connectivity index (χ0n) is 13.7. The van der Waals surface area contributed by atoms with Crippen LogP contribution in [0.2, 0.25) is 5.02 Å². The first-order valence-corrected chi connectivity index (χ1v) is 8.05. The number of fused-ring (bicyclic) bond motifs is 1. The molecular weight excluding hydrogens is 393 g/mol. The summed E-state index contributed by atoms with van der Waals surface area (Å²) in [7, 11) is 0. The molecule has 2 atom stereocenters. The van der Waals surface area contributed by atoms with Gasteiger partial charge in [0.25, 0.3) is 5.91 Å². The van der Waals surface area contributed by atoms with E-state index in [9.17, 15) is 27.6 Å². The minimum Gasteiger partial charge on any atom is -0.381 e. The molecule has 0 aromatic carbocycles. The number of carbonyl (C=O) groups excluding carboxylic acids is 3. The van der Waals surface area contributed by atoms with E-state index in [4.69, 9.17) is 16.4 Å². The molecule has 0 radical (unpaired) electrons. The largest absolute Gasteiger partial charge is 0.417 e. The van der Waals surface area contributed by atoms with E-state index in [0.717, 1.165) is 11.0 Å². The number of Topliss-reactive ketones (excluding diaryl/α,β-unsaturated/α-hetero) is 1. The standard InChI is InChI=1S/C15H12ClF3N4O4/c1-6(24)10-9-11(27-22-10)14(26)23(13(9)25)3-2-20-12-8(16)4-7(5-21-12)15(17,18)19/h4-5,9,11H,2-3H2,1H3,(H,20,21). The molecule has 2 aliphatic rings. The van der Waals surface area contributed by atoms with Crippen molar-refractivity contribution in [3.05, 3.63) is 22.8 Å². The van der Waals surface area contributed by atoms with Crippen LogP contribution in [0.15, 0.2) is 17.4 Å². The maximum atomic E-state index is 12.6. The summed E-state index contributed by atoms with van der Waals surface area (Å²) in [5.74, 6) is -2.82. The molecule has 3 heterocycles. The lowest BCUT2D eigenvalue weighted by Crippen LogP contribution is -2.37. The zero-order chi connectivity index (χ0) is 19.9. The lowest BCUT2D eigenvalue weighted by atomic mass is 9.97. The Labute approximate surface area is 155 Å². The summed E-state index contributed by atoms with van der Waals surface area (Å²) in [6.45, 7) is 1.09. The number of rotatable bonds is 5. The number of hydrogen-bond acceptors (Lipinski definition) is 7. The van der Waals surface area contributed by atoms with E-state index < -0.39 is 41.4 Å². The van der Waals surface area contributed by atoms with Crippen molar-refractivity contribution in [3.63, 3.8) is 0 Å². The number of aromatic nitrogens is 1. The third kappa shape index (κ3) is 3.46. The van der Waals surface area contributed by atoms with Crippen LogP contribution in [0.1, 0.15) is 12.5 Å². The van der Waals surface area contributed by atoms with Crippen LogP contribution in [0.4, 0.5) is 19.0 Å². The molecule has 1 aromatic rings. The van der Waals surface area contributed by atoms with Gasteiger partial charge in [-0.3, -0.25) is 19.3 Å². The van der Waals surface area contributed by atoms with Crippen LogP contribution in [-0.4, -0.2) is 52.4 Å². The first kappa shape index (κ1) is 19.1. The van der Waals surface area contributed by atoms with E-state index in [2.05, 4.69) is 15.5 Å². The van der Waals surface area contributed by atoms with E-state index >= 15 is 0 Å². The molecule has 2 aliphatic heterocycles. The van der Waals surface area contributed by atoms with Crippen molar-refractivity contribution in [1.82, 2.24) is 9.88 Å². The van der Waals surface area contributed by atoms with Crippen molar-refractivity contribution >= 4 is 40.7 Å². The van der Waals surface area contributed by atoms with E-state index in [1.165, 1.54) is 6.92 Å². The molecule has 8 nitrogen and oxygen atoms in total. The fraction of sp³-hybridized carbons (Fsp3) is 0.400. The van der Waals surface area contributed by atoms with Crippen molar-refractivity contribution in [2.75, 3.05) is 18.4 Å². The van der Waals surface area contributed by atoms with Gasteiger partial charge in [-0.1, -0.05) is 16.8 Å². The van der Waals surface area contributed by atoms with Gasteiger partial charge in [-0.25, -0.2) is 4.98 Å². The minimum atomic E-state index is -4.57. The van der Waals surface area contributed by atoms with Crippen LogP contribution in [0.3, 0.4) is 0 Å². The Bertz CT molecular complexity index is 858. The van der Waals surface area contributed by atoms with Gasteiger partial charge in [0, 0.05) is 26.2 Å². The number of alkyl halides is 3. The summed E-state index contributed by atoms with van der Waals surface area (Å²) >= 11 is 5.77. The van der Waals surface area contributed by atoms with Gasteiger partial charge >= 0.3 is 6.18 Å². The third-order valence-corrected chi connectivity index (χ3v) is 4.35. The van der Waals surface area contributed by atoms with Crippen molar-refractivity contribution < 1.29 is 32.4 Å². The van der Waals surface area contributed by atoms with Crippen LogP contribution >= 0.6 is 11.6 Å². The molecule has 1 fully saturated rings. The summed E-state index contributed by atoms with van der Waals surface area (Å²) < 4.78 is 37.8. The Hall–Kier alpha value is -2.69. The number of nitrogens with one attached hydrogen (secondary N) is 1. The van der Waals surface area contributed by atoms with Gasteiger partial charge < -0.3 is 10.2 Å². The SMILES string of the molecule is CC(=O)C1=NOC2C(=O)N(CCNc3ncc(C(F)(F)F)cc3Cl)C(=O)C12. The van der Waals surface area contributed by atoms with Crippen LogP contribution in [0.5, 0.6) is 0 Å². The summed E-state index contributed by atoms with van der Waals surface area (Å²) in [4.78, 5) is 45.5. The van der Waals surface area contributed by atoms with Gasteiger partial charge in [-0.15, -0.1) is 0 Å². The fourth-order valence-electron chi connectivity index (χ4n) is 2.75. The van der Waals surface area contributed by atoms with Gasteiger partial charge in [0.1, 0.15) is 17.4 Å². The maximum Gasteiger partial charge on any atom is 0.417 e. The number of oxime groups is 1. The molecular formula is C15H12ClF3N4O4. The molecule has 2 unspecified atom stereocenters. The number of likely N-dealkylation sites (tertiary alicyclic amines) is 1. The summed E-state index contributed by atoms with van der Waals surface area (Å²) in [5.41, 5.74) is -1.11. The molecule has 2 amide bonds. The van der Waals surface area contributed by atoms with Gasteiger partial charge in [-0.05, 0) is 6.07 Å². The Kier molecular flexibility index (Phi) is 4.81. The number of imide groups is 1. The lowest BCUT2D eigenvalue weighted by molar-refractivity contribution is -0.142. The van der Waals surface area contributed by atoms with Crippen molar-refractivity contribution in [3.8, 4) is 0 Å². The van der Waals surface area contributed by atoms with E-state index in [-0.39, 0.29) is 29.6 Å². The van der Waals surface area contributed by atoms with E-state index in [1.54, 1.807) is 0 Å². The molecule has 0 aliphatic carbocycles. The number of pyridine rings is 1. The Balaban J connectivity index is 1.63. The average molecular weight is 405 g/mol. The lowest BCUT2D eigenvalue weighted by Gasteiger charge is -2.16. The molecule has 1 saturated heterocycles. The second-order valence-corrected chi connectivity index (χ2v) is 6.25. The molecule has 27 heavy (non-hydrogen) atoms. The van der Waals surface area contributed by atoms with Gasteiger partial charge in [0.2, 0.25) is 12.0 Å². The normalized spacial score (nSPS) is 21.8. The highest BCUT2D eigenvalue weighted by Gasteiger charge is 2.56. The van der Waals surface area contributed by atoms with Crippen LogP contribution in [0.25, 0.3) is 0 Å². The van der Waals surface area contributed by atoms with Crippen molar-refractivity contribution in [1.29, 1.82) is 0 Å². The number of amides is 2. The van der Waals surface area contributed by atoms with Gasteiger partial charge in [0.15, 0.2) is 5.78 Å². The molecule has 12 heteroatoms. The predicted octanol–water partition coefficient (Wildman–Crippen LogP) is 1.49. The number of hydrogen-bond donors (Lipinski definition) is 1. The molecule has 1 aromatic heterocycles. The Morgan fingerprint density at radius 3 is 2.67 bits per heavy atom. The monoisotopic (exact) mass is 404 g/mol. The molecule has 1 N–H and O–H groups in total. The Morgan fingerprint density at radius 2 is 2.07 bits per heavy atom. The first-order valence-electron chi connectivity index (χ1n) is 7.67. The highest BCUT2D eigenvalue weighted by Crippen LogP contribution is 2.33.